The number of hydrogen-bond acceptors (Lipinski definition) is 7. The summed E-state index contributed by atoms with van der Waals surface area (Å²) in [4.78, 5) is 22.9. The molecule has 3 heterocycles. The topological polar surface area (TPSA) is 93.9 Å². The van der Waals surface area contributed by atoms with Gasteiger partial charge in [-0.3, -0.25) is 0 Å². The molecule has 154 valence electrons. The average molecular weight is 455 g/mol. The molecule has 0 aliphatic carbocycles. The van der Waals surface area contributed by atoms with Crippen LogP contribution >= 0.6 is 15.9 Å². The third kappa shape index (κ3) is 5.03. The molecule has 0 aromatic carbocycles. The van der Waals surface area contributed by atoms with Crippen molar-refractivity contribution in [2.24, 2.45) is 0 Å². The molecule has 10 heteroatoms. The van der Waals surface area contributed by atoms with E-state index in [1.807, 2.05) is 34.6 Å². The lowest BCUT2D eigenvalue weighted by Crippen LogP contribution is -2.44. The highest BCUT2D eigenvalue weighted by Crippen LogP contribution is 2.24. The van der Waals surface area contributed by atoms with E-state index in [9.17, 15) is 4.79 Å². The lowest BCUT2D eigenvalue weighted by molar-refractivity contribution is 0.0210. The SMILES string of the molecule is CC(C)Oc1nc(NC2CCN(C(=O)OC(C)(C)C)CC2)c2ncc(Br)n2n1. The maximum absolute atomic E-state index is 12.2. The summed E-state index contributed by atoms with van der Waals surface area (Å²) in [6, 6.07) is 0.453. The highest BCUT2D eigenvalue weighted by molar-refractivity contribution is 9.10. The second kappa shape index (κ2) is 8.10. The number of halogens is 1. The van der Waals surface area contributed by atoms with E-state index in [0.717, 1.165) is 17.4 Å². The molecule has 0 radical (unpaired) electrons. The summed E-state index contributed by atoms with van der Waals surface area (Å²) in [5, 5.41) is 7.81. The van der Waals surface area contributed by atoms with Gasteiger partial charge in [0, 0.05) is 19.1 Å². The first-order valence-corrected chi connectivity index (χ1v) is 10.2. The molecule has 0 spiro atoms. The molecule has 2 aromatic rings. The second-order valence-electron chi connectivity index (χ2n) is 8.11. The van der Waals surface area contributed by atoms with E-state index in [-0.39, 0.29) is 24.2 Å². The van der Waals surface area contributed by atoms with E-state index in [1.54, 1.807) is 15.6 Å². The summed E-state index contributed by atoms with van der Waals surface area (Å²) in [6.45, 7) is 10.7. The van der Waals surface area contributed by atoms with Gasteiger partial charge in [-0.2, -0.15) is 9.50 Å². The van der Waals surface area contributed by atoms with Gasteiger partial charge >= 0.3 is 12.1 Å². The van der Waals surface area contributed by atoms with E-state index >= 15 is 0 Å². The number of amides is 1. The number of nitrogens with zero attached hydrogens (tertiary/aromatic N) is 5. The van der Waals surface area contributed by atoms with Crippen molar-refractivity contribution in [3.8, 4) is 6.01 Å². The Kier molecular flexibility index (Phi) is 5.97. The van der Waals surface area contributed by atoms with Crippen molar-refractivity contribution in [1.29, 1.82) is 0 Å². The van der Waals surface area contributed by atoms with Gasteiger partial charge in [-0.15, -0.1) is 5.10 Å². The maximum Gasteiger partial charge on any atom is 0.410 e. The number of nitrogens with one attached hydrogen (secondary N) is 1. The van der Waals surface area contributed by atoms with Crippen LogP contribution in [-0.2, 0) is 4.74 Å². The van der Waals surface area contributed by atoms with Crippen LogP contribution in [0.5, 0.6) is 6.01 Å². The highest BCUT2D eigenvalue weighted by atomic mass is 79.9. The number of carbonyl (C=O) groups excluding carboxylic acids is 1. The second-order valence-corrected chi connectivity index (χ2v) is 8.92. The Morgan fingerprint density at radius 3 is 2.61 bits per heavy atom. The minimum absolute atomic E-state index is 0.0373. The van der Waals surface area contributed by atoms with Crippen molar-refractivity contribution < 1.29 is 14.3 Å². The molecule has 3 rings (SSSR count). The molecule has 1 fully saturated rings. The van der Waals surface area contributed by atoms with Crippen LogP contribution < -0.4 is 10.1 Å². The minimum Gasteiger partial charge on any atom is -0.460 e. The van der Waals surface area contributed by atoms with Crippen molar-refractivity contribution in [3.05, 3.63) is 10.8 Å². The number of aromatic nitrogens is 4. The Hall–Kier alpha value is -2.10. The fourth-order valence-corrected chi connectivity index (χ4v) is 3.27. The molecule has 1 amide bonds. The highest BCUT2D eigenvalue weighted by Gasteiger charge is 2.27. The van der Waals surface area contributed by atoms with Crippen molar-refractivity contribution in [2.45, 2.75) is 65.2 Å². The molecule has 2 aromatic heterocycles. The molecular formula is C18H27BrN6O3. The molecular weight excluding hydrogens is 428 g/mol. The minimum atomic E-state index is -0.486. The van der Waals surface area contributed by atoms with Gasteiger partial charge < -0.3 is 19.7 Å². The predicted octanol–water partition coefficient (Wildman–Crippen LogP) is 3.49. The van der Waals surface area contributed by atoms with Gasteiger partial charge in [-0.1, -0.05) is 0 Å². The lowest BCUT2D eigenvalue weighted by Gasteiger charge is -2.33. The fourth-order valence-electron chi connectivity index (χ4n) is 2.92. The summed E-state index contributed by atoms with van der Waals surface area (Å²) in [5.74, 6) is 0.618. The molecule has 1 aliphatic heterocycles. The number of likely N-dealkylation sites (tertiary alicyclic amines) is 1. The van der Waals surface area contributed by atoms with E-state index in [1.165, 1.54) is 0 Å². The van der Waals surface area contributed by atoms with Crippen LogP contribution in [0.25, 0.3) is 5.65 Å². The summed E-state index contributed by atoms with van der Waals surface area (Å²) in [7, 11) is 0. The average Bonchev–Trinajstić information content (AvgIpc) is 2.95. The molecule has 0 saturated carbocycles. The molecule has 1 N–H and O–H groups in total. The van der Waals surface area contributed by atoms with Crippen LogP contribution in [0.15, 0.2) is 10.8 Å². The van der Waals surface area contributed by atoms with Crippen LogP contribution in [-0.4, -0.2) is 61.4 Å². The van der Waals surface area contributed by atoms with Crippen molar-refractivity contribution in [2.75, 3.05) is 18.4 Å². The molecule has 28 heavy (non-hydrogen) atoms. The summed E-state index contributed by atoms with van der Waals surface area (Å²) >= 11 is 3.44. The normalized spacial score (nSPS) is 15.9. The summed E-state index contributed by atoms with van der Waals surface area (Å²) < 4.78 is 13.5. The van der Waals surface area contributed by atoms with Gasteiger partial charge in [0.1, 0.15) is 10.2 Å². The number of piperidine rings is 1. The molecule has 1 saturated heterocycles. The van der Waals surface area contributed by atoms with Crippen molar-refractivity contribution >= 4 is 33.5 Å². The number of rotatable bonds is 4. The van der Waals surface area contributed by atoms with Crippen molar-refractivity contribution in [1.82, 2.24) is 24.5 Å². The van der Waals surface area contributed by atoms with Crippen LogP contribution in [0.4, 0.5) is 10.6 Å². The van der Waals surface area contributed by atoms with Crippen LogP contribution in [0, 0.1) is 0 Å². The number of hydrogen-bond donors (Lipinski definition) is 1. The summed E-state index contributed by atoms with van der Waals surface area (Å²) in [6.07, 6.45) is 2.96. The number of carbonyl (C=O) groups is 1. The fraction of sp³-hybridized carbons (Fsp3) is 0.667. The van der Waals surface area contributed by atoms with E-state index in [2.05, 4.69) is 36.3 Å². The third-order valence-electron chi connectivity index (χ3n) is 4.13. The predicted molar refractivity (Wildman–Crippen MR) is 109 cm³/mol. The Labute approximate surface area is 172 Å². The standard InChI is InChI=1S/C18H27BrN6O3/c1-11(2)27-16-22-14(15-20-10-13(19)25(15)23-16)21-12-6-8-24(9-7-12)17(26)28-18(3,4)5/h10-12H,6-9H2,1-5H3,(H,21,22,23). The maximum atomic E-state index is 12.2. The smallest absolute Gasteiger partial charge is 0.410 e. The Balaban J connectivity index is 1.69. The number of imidazole rings is 1. The molecule has 0 unspecified atom stereocenters. The molecule has 9 nitrogen and oxygen atoms in total. The van der Waals surface area contributed by atoms with Gasteiger partial charge in [0.05, 0.1) is 12.3 Å². The van der Waals surface area contributed by atoms with Crippen LogP contribution in [0.1, 0.15) is 47.5 Å². The first-order valence-electron chi connectivity index (χ1n) is 9.45. The van der Waals surface area contributed by atoms with Gasteiger partial charge in [-0.05, 0) is 63.4 Å². The zero-order valence-corrected chi connectivity index (χ0v) is 18.5. The quantitative estimate of drug-likeness (QED) is 0.755. The van der Waals surface area contributed by atoms with Crippen molar-refractivity contribution in [3.63, 3.8) is 0 Å². The summed E-state index contributed by atoms with van der Waals surface area (Å²) in [5.41, 5.74) is 0.136. The Morgan fingerprint density at radius 1 is 1.32 bits per heavy atom. The lowest BCUT2D eigenvalue weighted by atomic mass is 10.1. The first-order chi connectivity index (χ1) is 13.1. The van der Waals surface area contributed by atoms with Crippen LogP contribution in [0.3, 0.4) is 0 Å². The molecule has 0 atom stereocenters. The van der Waals surface area contributed by atoms with Gasteiger partial charge in [0.25, 0.3) is 0 Å². The van der Waals surface area contributed by atoms with E-state index < -0.39 is 5.60 Å². The zero-order valence-electron chi connectivity index (χ0n) is 16.9. The van der Waals surface area contributed by atoms with E-state index in [4.69, 9.17) is 9.47 Å². The number of fused-ring (bicyclic) bond motifs is 1. The first kappa shape index (κ1) is 20.6. The van der Waals surface area contributed by atoms with Crippen LogP contribution in [0.2, 0.25) is 0 Å². The van der Waals surface area contributed by atoms with E-state index in [0.29, 0.717) is 24.6 Å². The largest absolute Gasteiger partial charge is 0.460 e. The number of ether oxygens (including phenoxy) is 2. The Bertz CT molecular complexity index is 840. The van der Waals surface area contributed by atoms with Gasteiger partial charge in [0.2, 0.25) is 0 Å². The molecule has 1 aliphatic rings. The van der Waals surface area contributed by atoms with Gasteiger partial charge in [0.15, 0.2) is 11.5 Å². The monoisotopic (exact) mass is 454 g/mol. The Morgan fingerprint density at radius 2 is 2.00 bits per heavy atom. The third-order valence-corrected chi connectivity index (χ3v) is 4.67. The number of anilines is 1. The zero-order chi connectivity index (χ0) is 20.5. The molecule has 0 bridgehead atoms. The van der Waals surface area contributed by atoms with Gasteiger partial charge in [-0.25, -0.2) is 9.78 Å².